The first-order chi connectivity index (χ1) is 17.9. The predicted octanol–water partition coefficient (Wildman–Crippen LogP) is 6.23. The van der Waals surface area contributed by atoms with Crippen molar-refractivity contribution in [1.82, 2.24) is 16.3 Å². The first-order valence-electron chi connectivity index (χ1n) is 11.8. The summed E-state index contributed by atoms with van der Waals surface area (Å²) in [5.41, 5.74) is 13.6. The summed E-state index contributed by atoms with van der Waals surface area (Å²) in [6.45, 7) is 0. The maximum atomic E-state index is 4.91. The lowest BCUT2D eigenvalue weighted by molar-refractivity contribution is 0.735. The van der Waals surface area contributed by atoms with Crippen molar-refractivity contribution in [3.63, 3.8) is 0 Å². The highest BCUT2D eigenvalue weighted by Crippen LogP contribution is 2.36. The van der Waals surface area contributed by atoms with Gasteiger partial charge in [-0.2, -0.15) is 5.10 Å². The van der Waals surface area contributed by atoms with Gasteiger partial charge in [-0.05, 0) is 29.3 Å². The average molecular weight is 490 g/mol. The Balaban J connectivity index is 1.29. The number of hydrogen-bond donors (Lipinski definition) is 3. The Labute approximate surface area is 216 Å². The maximum absolute atomic E-state index is 4.91. The SMILES string of the molecule is C(=C\[C@H](Sc1ccccc1)c1ccccc1)/NNC1=N[C@H](c2ccccc2)C(c2ccccc2)=NN1. The number of benzene rings is 4. The summed E-state index contributed by atoms with van der Waals surface area (Å²) in [5.74, 6) is 0.556. The molecule has 6 heteroatoms. The molecule has 36 heavy (non-hydrogen) atoms. The minimum absolute atomic E-state index is 0.156. The van der Waals surface area contributed by atoms with Crippen LogP contribution in [0, 0.1) is 0 Å². The van der Waals surface area contributed by atoms with Crippen LogP contribution in [0.1, 0.15) is 28.0 Å². The van der Waals surface area contributed by atoms with Crippen LogP contribution in [0.5, 0.6) is 0 Å². The molecule has 0 radical (unpaired) electrons. The van der Waals surface area contributed by atoms with Crippen LogP contribution in [-0.2, 0) is 0 Å². The van der Waals surface area contributed by atoms with Gasteiger partial charge in [-0.25, -0.2) is 10.4 Å². The zero-order chi connectivity index (χ0) is 24.4. The standard InChI is InChI=1S/C30H27N5S/c1-5-13-23(14-6-1)27(36-26-19-11-4-12-20-26)21-22-31-34-30-32-28(24-15-7-2-8-16-24)29(33-35-30)25-17-9-3-10-18-25/h1-22,27-28,31H,(H2,32,34,35)/b22-21+/t27-,28+/m0/s1. The second-order valence-electron chi connectivity index (χ2n) is 8.16. The van der Waals surface area contributed by atoms with Crippen molar-refractivity contribution in [3.8, 4) is 0 Å². The second-order valence-corrected chi connectivity index (χ2v) is 9.37. The molecule has 0 bridgehead atoms. The van der Waals surface area contributed by atoms with Crippen LogP contribution in [-0.4, -0.2) is 11.7 Å². The van der Waals surface area contributed by atoms with Crippen LogP contribution in [0.4, 0.5) is 0 Å². The van der Waals surface area contributed by atoms with Crippen molar-refractivity contribution < 1.29 is 0 Å². The van der Waals surface area contributed by atoms with Crippen molar-refractivity contribution in [2.24, 2.45) is 10.1 Å². The molecule has 4 aromatic carbocycles. The fourth-order valence-electron chi connectivity index (χ4n) is 3.91. The first-order valence-corrected chi connectivity index (χ1v) is 12.7. The van der Waals surface area contributed by atoms with E-state index in [4.69, 9.17) is 4.99 Å². The van der Waals surface area contributed by atoms with E-state index in [0.717, 1.165) is 16.8 Å². The summed E-state index contributed by atoms with van der Waals surface area (Å²) in [4.78, 5) is 6.13. The lowest BCUT2D eigenvalue weighted by Gasteiger charge is -2.23. The zero-order valence-corrected chi connectivity index (χ0v) is 20.5. The smallest absolute Gasteiger partial charge is 0.232 e. The van der Waals surface area contributed by atoms with Gasteiger partial charge in [0.05, 0.1) is 11.0 Å². The molecule has 2 atom stereocenters. The third-order valence-corrected chi connectivity index (χ3v) is 6.89. The zero-order valence-electron chi connectivity index (χ0n) is 19.7. The molecule has 0 fully saturated rings. The summed E-state index contributed by atoms with van der Waals surface area (Å²) in [6, 6.07) is 41.0. The Morgan fingerprint density at radius 3 is 2.06 bits per heavy atom. The Morgan fingerprint density at radius 2 is 1.36 bits per heavy atom. The summed E-state index contributed by atoms with van der Waals surface area (Å²) in [6.07, 6.45) is 4.04. The monoisotopic (exact) mass is 489 g/mol. The lowest BCUT2D eigenvalue weighted by atomic mass is 9.97. The molecule has 4 aromatic rings. The van der Waals surface area contributed by atoms with Crippen molar-refractivity contribution >= 4 is 23.4 Å². The molecule has 1 aliphatic heterocycles. The van der Waals surface area contributed by atoms with Crippen LogP contribution in [0.3, 0.4) is 0 Å². The predicted molar refractivity (Wildman–Crippen MR) is 150 cm³/mol. The molecule has 178 valence electrons. The van der Waals surface area contributed by atoms with E-state index in [1.54, 1.807) is 11.8 Å². The van der Waals surface area contributed by atoms with Crippen LogP contribution in [0.2, 0.25) is 0 Å². The van der Waals surface area contributed by atoms with Gasteiger partial charge < -0.3 is 5.43 Å². The molecule has 5 nitrogen and oxygen atoms in total. The van der Waals surface area contributed by atoms with E-state index in [1.165, 1.54) is 10.5 Å². The summed E-state index contributed by atoms with van der Waals surface area (Å²) in [5, 5.41) is 4.82. The van der Waals surface area contributed by atoms with Gasteiger partial charge in [0.2, 0.25) is 5.96 Å². The Bertz CT molecular complexity index is 1320. The molecule has 0 unspecified atom stereocenters. The molecule has 1 heterocycles. The molecule has 1 aliphatic rings. The van der Waals surface area contributed by atoms with Gasteiger partial charge in [0.25, 0.3) is 0 Å². The van der Waals surface area contributed by atoms with E-state index in [9.17, 15) is 0 Å². The Morgan fingerprint density at radius 1 is 0.750 bits per heavy atom. The van der Waals surface area contributed by atoms with E-state index in [-0.39, 0.29) is 11.3 Å². The number of aliphatic imine (C=N–C) groups is 1. The molecule has 0 amide bonds. The number of hydrazone groups is 1. The molecular formula is C30H27N5S. The number of nitrogens with zero attached hydrogens (tertiary/aromatic N) is 2. The van der Waals surface area contributed by atoms with Crippen molar-refractivity contribution in [3.05, 3.63) is 150 Å². The van der Waals surface area contributed by atoms with Crippen LogP contribution in [0.15, 0.2) is 149 Å². The summed E-state index contributed by atoms with van der Waals surface area (Å²) in [7, 11) is 0. The number of hydrogen-bond acceptors (Lipinski definition) is 6. The van der Waals surface area contributed by atoms with Crippen LogP contribution < -0.4 is 16.3 Å². The minimum Gasteiger partial charge on any atom is -0.306 e. The lowest BCUT2D eigenvalue weighted by Crippen LogP contribution is -2.44. The van der Waals surface area contributed by atoms with Gasteiger partial charge in [0.1, 0.15) is 6.04 Å². The van der Waals surface area contributed by atoms with Crippen molar-refractivity contribution in [1.29, 1.82) is 0 Å². The van der Waals surface area contributed by atoms with Crippen molar-refractivity contribution in [2.45, 2.75) is 16.2 Å². The topological polar surface area (TPSA) is 60.8 Å². The number of guanidine groups is 1. The maximum Gasteiger partial charge on any atom is 0.232 e. The largest absolute Gasteiger partial charge is 0.306 e. The van der Waals surface area contributed by atoms with Gasteiger partial charge >= 0.3 is 0 Å². The van der Waals surface area contributed by atoms with E-state index in [2.05, 4.69) is 100 Å². The quantitative estimate of drug-likeness (QED) is 0.203. The molecule has 5 rings (SSSR count). The minimum atomic E-state index is -0.214. The molecule has 3 N–H and O–H groups in total. The molecule has 0 aliphatic carbocycles. The van der Waals surface area contributed by atoms with Gasteiger partial charge in [-0.3, -0.25) is 5.43 Å². The molecule has 0 saturated carbocycles. The fourth-order valence-corrected chi connectivity index (χ4v) is 4.96. The highest BCUT2D eigenvalue weighted by molar-refractivity contribution is 7.99. The number of rotatable bonds is 8. The van der Waals surface area contributed by atoms with E-state index in [1.807, 2.05) is 54.7 Å². The third kappa shape index (κ3) is 6.03. The number of hydrazine groups is 1. The van der Waals surface area contributed by atoms with Gasteiger partial charge in [0, 0.05) is 16.7 Å². The van der Waals surface area contributed by atoms with E-state index < -0.39 is 0 Å². The van der Waals surface area contributed by atoms with E-state index >= 15 is 0 Å². The third-order valence-electron chi connectivity index (χ3n) is 5.66. The summed E-state index contributed by atoms with van der Waals surface area (Å²) >= 11 is 1.80. The van der Waals surface area contributed by atoms with Crippen molar-refractivity contribution in [2.75, 3.05) is 0 Å². The van der Waals surface area contributed by atoms with Crippen LogP contribution >= 0.6 is 11.8 Å². The highest BCUT2D eigenvalue weighted by Gasteiger charge is 2.23. The normalized spacial score (nSPS) is 15.9. The Kier molecular flexibility index (Phi) is 7.76. The van der Waals surface area contributed by atoms with E-state index in [0.29, 0.717) is 5.96 Å². The number of thioether (sulfide) groups is 1. The molecular weight excluding hydrogens is 462 g/mol. The fraction of sp³-hybridized carbons (Fsp3) is 0.0667. The second kappa shape index (κ2) is 11.9. The first kappa shape index (κ1) is 23.5. The molecule has 0 spiro atoms. The van der Waals surface area contributed by atoms with Gasteiger partial charge in [-0.1, -0.05) is 109 Å². The number of nitrogens with one attached hydrogen (secondary N) is 3. The Hall–Kier alpha value is -4.29. The average Bonchev–Trinajstić information content (AvgIpc) is 2.96. The van der Waals surface area contributed by atoms with Gasteiger partial charge in [0.15, 0.2) is 0 Å². The molecule has 0 saturated heterocycles. The molecule has 0 aromatic heterocycles. The van der Waals surface area contributed by atoms with Gasteiger partial charge in [-0.15, -0.1) is 11.8 Å². The summed E-state index contributed by atoms with van der Waals surface area (Å²) < 4.78 is 0. The highest BCUT2D eigenvalue weighted by atomic mass is 32.2. The van der Waals surface area contributed by atoms with Crippen LogP contribution in [0.25, 0.3) is 0 Å².